The largest absolute Gasteiger partial charge is 0.512 e. The van der Waals surface area contributed by atoms with E-state index in [0.717, 1.165) is 47.8 Å². The summed E-state index contributed by atoms with van der Waals surface area (Å²) in [5.41, 5.74) is 4.50. The van der Waals surface area contributed by atoms with Crippen LogP contribution in [0.4, 0.5) is 0 Å². The van der Waals surface area contributed by atoms with E-state index < -0.39 is 0 Å². The molecule has 6 aromatic rings. The van der Waals surface area contributed by atoms with Gasteiger partial charge in [0.2, 0.25) is 0 Å². The second kappa shape index (κ2) is 15.7. The van der Waals surface area contributed by atoms with Gasteiger partial charge in [0.15, 0.2) is 5.78 Å². The van der Waals surface area contributed by atoms with E-state index in [9.17, 15) is 9.90 Å². The molecule has 47 heavy (non-hydrogen) atoms. The van der Waals surface area contributed by atoms with E-state index in [2.05, 4.69) is 106 Å². The Bertz CT molecular complexity index is 2030. The molecule has 6 rings (SSSR count). The van der Waals surface area contributed by atoms with Crippen LogP contribution in [0.15, 0.2) is 90.7 Å². The molecule has 0 spiro atoms. The Kier molecular flexibility index (Phi) is 12.2. The smallest absolute Gasteiger partial charge is 0.162 e. The van der Waals surface area contributed by atoms with Crippen LogP contribution in [0, 0.1) is 17.9 Å². The fourth-order valence-electron chi connectivity index (χ4n) is 6.37. The molecule has 0 aliphatic rings. The van der Waals surface area contributed by atoms with Crippen LogP contribution in [0.2, 0.25) is 0 Å². The minimum atomic E-state index is 0. The average molecular weight is 821 g/mol. The zero-order valence-corrected chi connectivity index (χ0v) is 31.8. The Morgan fingerprint density at radius 1 is 0.830 bits per heavy atom. The summed E-state index contributed by atoms with van der Waals surface area (Å²) in [5.74, 6) is 0.547. The standard InChI is InChI=1S/C29H22NS.C13H24O2.Ir/c1-29(2,3)23-17-19(16-18-10-4-5-11-20(18)23)27-28-26(21-12-6-8-14-24(21)30-27)22-13-7-9-15-25(22)31-28;1-5-10(6-2)12(14)9-13(15)11(7-3)8-4;/h4-15,17H,1-3H3;9-11,14H,5-8H2,1-4H3;/q-1;;/b;12-9-;. The second-order valence-corrected chi connectivity index (χ2v) is 14.2. The van der Waals surface area contributed by atoms with Crippen LogP contribution in [0.5, 0.6) is 0 Å². The first-order chi connectivity index (χ1) is 22.1. The third-order valence-electron chi connectivity index (χ3n) is 9.14. The normalized spacial score (nSPS) is 12.1. The molecule has 0 saturated carbocycles. The Balaban J connectivity index is 0.000000269. The number of aromatic nitrogens is 1. The van der Waals surface area contributed by atoms with Crippen LogP contribution in [-0.2, 0) is 30.3 Å². The molecule has 2 heterocycles. The van der Waals surface area contributed by atoms with Gasteiger partial charge < -0.3 is 5.11 Å². The monoisotopic (exact) mass is 821 g/mol. The van der Waals surface area contributed by atoms with E-state index in [1.807, 2.05) is 39.0 Å². The number of para-hydroxylation sites is 1. The fourth-order valence-corrected chi connectivity index (χ4v) is 7.59. The van der Waals surface area contributed by atoms with E-state index in [1.165, 1.54) is 42.6 Å². The maximum absolute atomic E-state index is 11.7. The minimum absolute atomic E-state index is 0. The summed E-state index contributed by atoms with van der Waals surface area (Å²) in [7, 11) is 0. The van der Waals surface area contributed by atoms with Crippen LogP contribution in [0.3, 0.4) is 0 Å². The van der Waals surface area contributed by atoms with Crippen molar-refractivity contribution in [1.29, 1.82) is 0 Å². The number of pyridine rings is 1. The van der Waals surface area contributed by atoms with E-state index >= 15 is 0 Å². The Hall–Kier alpha value is -3.37. The molecule has 1 radical (unpaired) electrons. The van der Waals surface area contributed by atoms with Crippen LogP contribution < -0.4 is 0 Å². The van der Waals surface area contributed by atoms with Gasteiger partial charge in [0.25, 0.3) is 0 Å². The zero-order valence-electron chi connectivity index (χ0n) is 28.6. The summed E-state index contributed by atoms with van der Waals surface area (Å²) >= 11 is 1.83. The van der Waals surface area contributed by atoms with E-state index in [0.29, 0.717) is 0 Å². The number of allylic oxidation sites excluding steroid dienone is 2. The van der Waals surface area contributed by atoms with Gasteiger partial charge in [-0.25, -0.2) is 0 Å². The SMILES string of the molecule is CC(C)(C)c1cc(-c2nc3ccccc3c3c2sc2ccccc23)[c-]c2ccccc12.CCC(CC)C(=O)/C=C(\O)C(CC)CC.[Ir]. The van der Waals surface area contributed by atoms with Gasteiger partial charge in [-0.05, 0) is 43.2 Å². The summed E-state index contributed by atoms with van der Waals surface area (Å²) in [6.45, 7) is 14.9. The summed E-state index contributed by atoms with van der Waals surface area (Å²) in [6.07, 6.45) is 4.91. The van der Waals surface area contributed by atoms with Crippen molar-refractivity contribution in [2.45, 2.75) is 79.6 Å². The first-order valence-electron chi connectivity index (χ1n) is 16.7. The third-order valence-corrected chi connectivity index (χ3v) is 10.3. The molecule has 247 valence electrons. The fraction of sp³-hybridized carbons (Fsp3) is 0.333. The number of aliphatic hydroxyl groups is 1. The number of hydrogen-bond acceptors (Lipinski definition) is 4. The van der Waals surface area contributed by atoms with Gasteiger partial charge in [-0.15, -0.1) is 40.5 Å². The van der Waals surface area contributed by atoms with Gasteiger partial charge in [-0.2, -0.15) is 0 Å². The van der Waals surface area contributed by atoms with Gasteiger partial charge in [-0.3, -0.25) is 9.78 Å². The first-order valence-corrected chi connectivity index (χ1v) is 17.5. The van der Waals surface area contributed by atoms with Gasteiger partial charge >= 0.3 is 0 Å². The van der Waals surface area contributed by atoms with Crippen molar-refractivity contribution in [2.75, 3.05) is 0 Å². The minimum Gasteiger partial charge on any atom is -0.512 e. The number of carbonyl (C=O) groups is 1. The molecule has 2 aromatic heterocycles. The molecule has 4 aromatic carbocycles. The molecule has 0 saturated heterocycles. The van der Waals surface area contributed by atoms with Crippen LogP contribution in [0.25, 0.3) is 53.1 Å². The average Bonchev–Trinajstić information content (AvgIpc) is 3.45. The van der Waals surface area contributed by atoms with Crippen molar-refractivity contribution in [1.82, 2.24) is 4.98 Å². The summed E-state index contributed by atoms with van der Waals surface area (Å²) in [6, 6.07) is 31.8. The van der Waals surface area contributed by atoms with Crippen molar-refractivity contribution in [3.8, 4) is 11.3 Å². The number of thiophene rings is 1. The Labute approximate surface area is 297 Å². The molecular weight excluding hydrogens is 775 g/mol. The predicted octanol–water partition coefficient (Wildman–Crippen LogP) is 12.4. The van der Waals surface area contributed by atoms with Crippen LogP contribution >= 0.6 is 11.3 Å². The molecule has 0 aliphatic heterocycles. The number of rotatable bonds is 8. The molecule has 3 nitrogen and oxygen atoms in total. The molecule has 0 unspecified atom stereocenters. The molecule has 0 aliphatic carbocycles. The number of aliphatic hydroxyl groups excluding tert-OH is 1. The van der Waals surface area contributed by atoms with Crippen molar-refractivity contribution in [2.24, 2.45) is 11.8 Å². The molecule has 0 atom stereocenters. The molecular formula is C42H46IrNO2S-. The van der Waals surface area contributed by atoms with Crippen LogP contribution in [-0.4, -0.2) is 15.9 Å². The summed E-state index contributed by atoms with van der Waals surface area (Å²) in [5, 5.41) is 16.0. The number of fused-ring (bicyclic) bond motifs is 6. The first kappa shape index (κ1) is 36.5. The summed E-state index contributed by atoms with van der Waals surface area (Å²) in [4.78, 5) is 16.9. The summed E-state index contributed by atoms with van der Waals surface area (Å²) < 4.78 is 2.54. The zero-order chi connectivity index (χ0) is 33.0. The van der Waals surface area contributed by atoms with Gasteiger partial charge in [0.1, 0.15) is 0 Å². The topological polar surface area (TPSA) is 50.2 Å². The van der Waals surface area contributed by atoms with Crippen LogP contribution in [0.1, 0.15) is 79.7 Å². The maximum Gasteiger partial charge on any atom is 0.162 e. The number of ketones is 1. The van der Waals surface area contributed by atoms with Crippen molar-refractivity contribution in [3.05, 3.63) is 102 Å². The van der Waals surface area contributed by atoms with Crippen molar-refractivity contribution >= 4 is 59.0 Å². The molecule has 1 N–H and O–H groups in total. The number of nitrogens with zero attached hydrogens (tertiary/aromatic N) is 1. The molecule has 0 bridgehead atoms. The van der Waals surface area contributed by atoms with E-state index in [1.54, 1.807) is 0 Å². The second-order valence-electron chi connectivity index (χ2n) is 13.2. The molecule has 0 amide bonds. The van der Waals surface area contributed by atoms with E-state index in [4.69, 9.17) is 4.98 Å². The van der Waals surface area contributed by atoms with Crippen molar-refractivity contribution in [3.63, 3.8) is 0 Å². The number of hydrogen-bond donors (Lipinski definition) is 1. The van der Waals surface area contributed by atoms with Gasteiger partial charge in [0, 0.05) is 69.3 Å². The quantitative estimate of drug-likeness (QED) is 0.0945. The molecule has 5 heteroatoms. The maximum atomic E-state index is 11.7. The number of benzene rings is 4. The Morgan fingerprint density at radius 3 is 2.04 bits per heavy atom. The molecule has 0 fully saturated rings. The predicted molar refractivity (Wildman–Crippen MR) is 199 cm³/mol. The van der Waals surface area contributed by atoms with Gasteiger partial charge in [0.05, 0.1) is 11.3 Å². The van der Waals surface area contributed by atoms with E-state index in [-0.39, 0.29) is 48.9 Å². The number of carbonyl (C=O) groups excluding carboxylic acids is 1. The third kappa shape index (κ3) is 7.69. The van der Waals surface area contributed by atoms with Gasteiger partial charge in [-0.1, -0.05) is 114 Å². The van der Waals surface area contributed by atoms with Crippen molar-refractivity contribution < 1.29 is 30.0 Å². The Morgan fingerprint density at radius 2 is 1.40 bits per heavy atom.